The summed E-state index contributed by atoms with van der Waals surface area (Å²) < 4.78 is 16.7. The van der Waals surface area contributed by atoms with Crippen molar-refractivity contribution in [1.29, 1.82) is 0 Å². The molecular formula is C27H28N2O5. The predicted molar refractivity (Wildman–Crippen MR) is 129 cm³/mol. The molecule has 1 saturated heterocycles. The molecule has 0 atom stereocenters. The first-order valence-corrected chi connectivity index (χ1v) is 11.3. The van der Waals surface area contributed by atoms with Gasteiger partial charge in [-0.25, -0.2) is 0 Å². The van der Waals surface area contributed by atoms with Crippen LogP contribution in [0.5, 0.6) is 11.5 Å². The van der Waals surface area contributed by atoms with Gasteiger partial charge in [0.05, 0.1) is 13.2 Å². The molecule has 0 aromatic heterocycles. The number of benzene rings is 3. The van der Waals surface area contributed by atoms with Crippen molar-refractivity contribution in [3.63, 3.8) is 0 Å². The van der Waals surface area contributed by atoms with Gasteiger partial charge in [0, 0.05) is 24.3 Å². The molecule has 0 spiro atoms. The fourth-order valence-electron chi connectivity index (χ4n) is 3.65. The molecule has 0 saturated carbocycles. The Morgan fingerprint density at radius 2 is 1.56 bits per heavy atom. The van der Waals surface area contributed by atoms with Crippen LogP contribution in [0.4, 0.5) is 5.69 Å². The third-order valence-corrected chi connectivity index (χ3v) is 5.58. The maximum absolute atomic E-state index is 12.8. The average molecular weight is 461 g/mol. The lowest BCUT2D eigenvalue weighted by Crippen LogP contribution is -2.41. The Morgan fingerprint density at radius 1 is 0.882 bits per heavy atom. The average Bonchev–Trinajstić information content (AvgIpc) is 2.89. The molecule has 1 heterocycles. The monoisotopic (exact) mass is 460 g/mol. The van der Waals surface area contributed by atoms with Gasteiger partial charge in [0.25, 0.3) is 11.8 Å². The summed E-state index contributed by atoms with van der Waals surface area (Å²) in [6.07, 6.45) is 0. The third kappa shape index (κ3) is 6.14. The summed E-state index contributed by atoms with van der Waals surface area (Å²) in [5.41, 5.74) is 2.99. The van der Waals surface area contributed by atoms with Gasteiger partial charge in [-0.05, 0) is 54.4 Å². The zero-order valence-electron chi connectivity index (χ0n) is 19.2. The van der Waals surface area contributed by atoms with Gasteiger partial charge in [0.15, 0.2) is 6.61 Å². The summed E-state index contributed by atoms with van der Waals surface area (Å²) in [7, 11) is 0. The largest absolute Gasteiger partial charge is 0.489 e. The van der Waals surface area contributed by atoms with Gasteiger partial charge in [-0.1, -0.05) is 36.4 Å². The number of hydrogen-bond acceptors (Lipinski definition) is 5. The van der Waals surface area contributed by atoms with E-state index in [4.69, 9.17) is 14.2 Å². The maximum atomic E-state index is 12.8. The third-order valence-electron chi connectivity index (χ3n) is 5.58. The van der Waals surface area contributed by atoms with Crippen molar-refractivity contribution in [2.24, 2.45) is 0 Å². The number of hydrogen-bond donors (Lipinski definition) is 1. The zero-order chi connectivity index (χ0) is 23.8. The fourth-order valence-corrected chi connectivity index (χ4v) is 3.65. The molecule has 1 aliphatic rings. The molecule has 3 aromatic carbocycles. The highest BCUT2D eigenvalue weighted by Crippen LogP contribution is 2.22. The van der Waals surface area contributed by atoms with Crippen LogP contribution in [0.25, 0.3) is 0 Å². The van der Waals surface area contributed by atoms with Gasteiger partial charge in [0.2, 0.25) is 0 Å². The Labute approximate surface area is 199 Å². The molecule has 1 aliphatic heterocycles. The minimum atomic E-state index is -0.302. The number of morpholine rings is 1. The van der Waals surface area contributed by atoms with Crippen LogP contribution in [-0.4, -0.2) is 49.6 Å². The first-order chi connectivity index (χ1) is 16.6. The highest BCUT2D eigenvalue weighted by atomic mass is 16.5. The maximum Gasteiger partial charge on any atom is 0.262 e. The van der Waals surface area contributed by atoms with Crippen molar-refractivity contribution in [1.82, 2.24) is 4.90 Å². The molecule has 7 nitrogen and oxygen atoms in total. The molecule has 3 aromatic rings. The van der Waals surface area contributed by atoms with Crippen LogP contribution < -0.4 is 14.8 Å². The van der Waals surface area contributed by atoms with Crippen LogP contribution in [0.2, 0.25) is 0 Å². The minimum absolute atomic E-state index is 0.0530. The molecule has 1 N–H and O–H groups in total. The molecule has 4 rings (SSSR count). The number of ether oxygens (including phenoxy) is 3. The topological polar surface area (TPSA) is 77.1 Å². The Morgan fingerprint density at radius 3 is 2.26 bits per heavy atom. The van der Waals surface area contributed by atoms with Gasteiger partial charge in [0.1, 0.15) is 18.1 Å². The van der Waals surface area contributed by atoms with Crippen molar-refractivity contribution in [2.45, 2.75) is 13.5 Å². The van der Waals surface area contributed by atoms with Gasteiger partial charge >= 0.3 is 0 Å². The number of nitrogens with zero attached hydrogens (tertiary/aromatic N) is 1. The van der Waals surface area contributed by atoms with Crippen molar-refractivity contribution in [2.75, 3.05) is 38.2 Å². The van der Waals surface area contributed by atoms with E-state index in [2.05, 4.69) is 5.32 Å². The standard InChI is InChI=1S/C27H28N2O5/c1-20-24(27(31)29-14-16-32-17-15-29)8-5-9-25(20)28-26(30)19-34-23-12-10-22(11-13-23)33-18-21-6-3-2-4-7-21/h2-13H,14-19H2,1H3,(H,28,30). The summed E-state index contributed by atoms with van der Waals surface area (Å²) in [6.45, 7) is 4.38. The van der Waals surface area contributed by atoms with Crippen molar-refractivity contribution < 1.29 is 23.8 Å². The first-order valence-electron chi connectivity index (χ1n) is 11.3. The van der Waals surface area contributed by atoms with Gasteiger partial charge in [-0.15, -0.1) is 0 Å². The molecule has 7 heteroatoms. The van der Waals surface area contributed by atoms with Crippen LogP contribution >= 0.6 is 0 Å². The molecule has 0 aliphatic carbocycles. The van der Waals surface area contributed by atoms with Crippen LogP contribution in [0.1, 0.15) is 21.5 Å². The van der Waals surface area contributed by atoms with E-state index in [0.717, 1.165) is 16.9 Å². The van der Waals surface area contributed by atoms with Gasteiger partial charge in [-0.2, -0.15) is 0 Å². The number of nitrogens with one attached hydrogen (secondary N) is 1. The lowest BCUT2D eigenvalue weighted by Gasteiger charge is -2.27. The number of carbonyl (C=O) groups is 2. The Kier molecular flexibility index (Phi) is 7.78. The summed E-state index contributed by atoms with van der Waals surface area (Å²) in [5, 5.41) is 2.84. The Balaban J connectivity index is 1.28. The Bertz CT molecular complexity index is 1110. The molecule has 2 amide bonds. The van der Waals surface area contributed by atoms with Crippen LogP contribution in [-0.2, 0) is 16.1 Å². The van der Waals surface area contributed by atoms with Crippen molar-refractivity contribution in [3.05, 3.63) is 89.5 Å². The normalized spacial score (nSPS) is 13.3. The summed E-state index contributed by atoms with van der Waals surface area (Å²) >= 11 is 0. The highest BCUT2D eigenvalue weighted by Gasteiger charge is 2.21. The quantitative estimate of drug-likeness (QED) is 0.549. The second-order valence-electron chi connectivity index (χ2n) is 7.97. The molecule has 0 bridgehead atoms. The second kappa shape index (κ2) is 11.3. The summed E-state index contributed by atoms with van der Waals surface area (Å²) in [4.78, 5) is 27.1. The van der Waals surface area contributed by atoms with Gasteiger partial charge in [-0.3, -0.25) is 9.59 Å². The molecular weight excluding hydrogens is 432 g/mol. The molecule has 0 radical (unpaired) electrons. The predicted octanol–water partition coefficient (Wildman–Crippen LogP) is 4.06. The molecule has 0 unspecified atom stereocenters. The SMILES string of the molecule is Cc1c(NC(=O)COc2ccc(OCc3ccccc3)cc2)cccc1C(=O)N1CCOCC1. The summed E-state index contributed by atoms with van der Waals surface area (Å²) in [5.74, 6) is 0.930. The van der Waals surface area contributed by atoms with Crippen LogP contribution in [0, 0.1) is 6.92 Å². The Hall–Kier alpha value is -3.84. The van der Waals surface area contributed by atoms with E-state index in [1.165, 1.54) is 0 Å². The molecule has 34 heavy (non-hydrogen) atoms. The van der Waals surface area contributed by atoms with Crippen LogP contribution in [0.15, 0.2) is 72.8 Å². The lowest BCUT2D eigenvalue weighted by atomic mass is 10.0. The van der Waals surface area contributed by atoms with Gasteiger partial charge < -0.3 is 24.4 Å². The number of anilines is 1. The van der Waals surface area contributed by atoms with Crippen molar-refractivity contribution in [3.8, 4) is 11.5 Å². The summed E-state index contributed by atoms with van der Waals surface area (Å²) in [6, 6.07) is 22.4. The van der Waals surface area contributed by atoms with E-state index < -0.39 is 0 Å². The minimum Gasteiger partial charge on any atom is -0.489 e. The smallest absolute Gasteiger partial charge is 0.262 e. The van der Waals surface area contributed by atoms with E-state index >= 15 is 0 Å². The zero-order valence-corrected chi connectivity index (χ0v) is 19.2. The van der Waals surface area contributed by atoms with E-state index in [1.54, 1.807) is 47.4 Å². The van der Waals surface area contributed by atoms with Crippen LogP contribution in [0.3, 0.4) is 0 Å². The lowest BCUT2D eigenvalue weighted by molar-refractivity contribution is -0.118. The van der Waals surface area contributed by atoms with Crippen molar-refractivity contribution >= 4 is 17.5 Å². The van der Waals surface area contributed by atoms with E-state index in [9.17, 15) is 9.59 Å². The number of rotatable bonds is 8. The van der Waals surface area contributed by atoms with E-state index in [1.807, 2.05) is 37.3 Å². The number of amides is 2. The van der Waals surface area contributed by atoms with E-state index in [-0.39, 0.29) is 18.4 Å². The molecule has 1 fully saturated rings. The molecule has 176 valence electrons. The first kappa shape index (κ1) is 23.3. The fraction of sp³-hybridized carbons (Fsp3) is 0.259. The highest BCUT2D eigenvalue weighted by molar-refractivity contribution is 5.99. The number of carbonyl (C=O) groups excluding carboxylic acids is 2. The second-order valence-corrected chi connectivity index (χ2v) is 7.97. The van der Waals surface area contributed by atoms with E-state index in [0.29, 0.717) is 49.9 Å².